The lowest BCUT2D eigenvalue weighted by Crippen LogP contribution is -2.54. The summed E-state index contributed by atoms with van der Waals surface area (Å²) in [5, 5.41) is 10.0. The third-order valence-corrected chi connectivity index (χ3v) is 6.32. The molecule has 0 saturated carbocycles. The van der Waals surface area contributed by atoms with Crippen molar-refractivity contribution < 1.29 is 28.3 Å². The zero-order valence-electron chi connectivity index (χ0n) is 23.2. The van der Waals surface area contributed by atoms with E-state index in [2.05, 4.69) is 27.4 Å². The molecular formula is C26H39N5O7S. The Morgan fingerprint density at radius 2 is 2.13 bits per heavy atom. The molecule has 0 radical (unpaired) electrons. The Kier molecular flexibility index (Phi) is 12.0. The fourth-order valence-corrected chi connectivity index (χ4v) is 4.32. The maximum Gasteiger partial charge on any atom is 0.407 e. The second-order valence-electron chi connectivity index (χ2n) is 9.85. The molecule has 39 heavy (non-hydrogen) atoms. The van der Waals surface area contributed by atoms with Crippen molar-refractivity contribution in [3.8, 4) is 5.75 Å². The molecule has 0 unspecified atom stereocenters. The minimum Gasteiger partial charge on any atom is -0.489 e. The van der Waals surface area contributed by atoms with Gasteiger partial charge >= 0.3 is 11.7 Å². The number of carbonyl (C=O) groups is 2. The summed E-state index contributed by atoms with van der Waals surface area (Å²) in [6, 6.07) is 2.21. The minimum atomic E-state index is -1.53. The van der Waals surface area contributed by atoms with E-state index in [9.17, 15) is 14.4 Å². The summed E-state index contributed by atoms with van der Waals surface area (Å²) < 4.78 is 16.0. The highest BCUT2D eigenvalue weighted by molar-refractivity contribution is 8.16. The van der Waals surface area contributed by atoms with Crippen molar-refractivity contribution in [3.05, 3.63) is 41.0 Å². The average Bonchev–Trinajstić information content (AvgIpc) is 3.26. The van der Waals surface area contributed by atoms with Gasteiger partial charge in [0.25, 0.3) is 5.91 Å². The van der Waals surface area contributed by atoms with Crippen molar-refractivity contribution in [1.82, 2.24) is 10.6 Å². The number of thioether (sulfide) groups is 1. The second kappa shape index (κ2) is 14.7. The van der Waals surface area contributed by atoms with Gasteiger partial charge in [0.15, 0.2) is 5.66 Å². The normalized spacial score (nSPS) is 18.1. The van der Waals surface area contributed by atoms with E-state index in [1.165, 1.54) is 17.8 Å². The number of nitrogens with one attached hydrogen (secondary N) is 2. The van der Waals surface area contributed by atoms with Gasteiger partial charge in [0.2, 0.25) is 0 Å². The molecule has 2 heterocycles. The van der Waals surface area contributed by atoms with Crippen LogP contribution in [0, 0.1) is 0 Å². The third-order valence-electron chi connectivity index (χ3n) is 5.07. The van der Waals surface area contributed by atoms with Crippen LogP contribution in [-0.4, -0.2) is 59.5 Å². The van der Waals surface area contributed by atoms with Crippen molar-refractivity contribution >= 4 is 34.5 Å². The van der Waals surface area contributed by atoms with Gasteiger partial charge in [0.05, 0.1) is 12.1 Å². The number of alkyl carbamates (subject to hydrolysis) is 1. The molecule has 0 aliphatic carbocycles. The first-order chi connectivity index (χ1) is 18.4. The molecule has 0 saturated heterocycles. The van der Waals surface area contributed by atoms with Crippen LogP contribution in [0.15, 0.2) is 44.1 Å². The lowest BCUT2D eigenvalue weighted by Gasteiger charge is -2.24. The van der Waals surface area contributed by atoms with E-state index in [1.54, 1.807) is 39.8 Å². The topological polar surface area (TPSA) is 167 Å². The van der Waals surface area contributed by atoms with Crippen LogP contribution in [-0.2, 0) is 14.4 Å². The Bertz CT molecular complexity index is 1130. The number of nitrogens with two attached hydrogens (primary N) is 1. The van der Waals surface area contributed by atoms with Crippen LogP contribution in [0.2, 0.25) is 0 Å². The molecule has 1 aliphatic rings. The molecule has 0 bridgehead atoms. The maximum atomic E-state index is 13.2. The van der Waals surface area contributed by atoms with Gasteiger partial charge in [-0.1, -0.05) is 31.2 Å². The smallest absolute Gasteiger partial charge is 0.407 e. The molecule has 1 aromatic rings. The highest BCUT2D eigenvalue weighted by atomic mass is 32.2. The van der Waals surface area contributed by atoms with Gasteiger partial charge in [0.1, 0.15) is 41.1 Å². The number of hydrogen-bond acceptors (Lipinski definition) is 11. The van der Waals surface area contributed by atoms with Crippen molar-refractivity contribution in [2.75, 3.05) is 25.5 Å². The SMILES string of the molecule is C=CCOc1cc([C@@H](CCC)NC(=O)[C@]2(N)CSC(/C(C)=N/OCCCNC(=O)OC(C)(C)C)=N2)oc(=O)c1. The monoisotopic (exact) mass is 565 g/mol. The van der Waals surface area contributed by atoms with Crippen LogP contribution in [0.3, 0.4) is 0 Å². The molecule has 4 N–H and O–H groups in total. The van der Waals surface area contributed by atoms with Crippen molar-refractivity contribution in [2.24, 2.45) is 15.9 Å². The van der Waals surface area contributed by atoms with Gasteiger partial charge in [-0.2, -0.15) is 0 Å². The lowest BCUT2D eigenvalue weighted by atomic mass is 10.1. The Hall–Kier alpha value is -3.32. The largest absolute Gasteiger partial charge is 0.489 e. The molecule has 0 fully saturated rings. The lowest BCUT2D eigenvalue weighted by molar-refractivity contribution is -0.126. The molecule has 12 nitrogen and oxygen atoms in total. The van der Waals surface area contributed by atoms with E-state index in [4.69, 9.17) is 24.5 Å². The molecule has 2 amide bonds. The van der Waals surface area contributed by atoms with E-state index in [-0.39, 0.29) is 24.7 Å². The zero-order valence-corrected chi connectivity index (χ0v) is 24.0. The summed E-state index contributed by atoms with van der Waals surface area (Å²) in [5.41, 5.74) is 4.14. The number of oxime groups is 1. The van der Waals surface area contributed by atoms with Crippen LogP contribution in [0.5, 0.6) is 5.75 Å². The predicted octanol–water partition coefficient (Wildman–Crippen LogP) is 3.27. The predicted molar refractivity (Wildman–Crippen MR) is 151 cm³/mol. The quantitative estimate of drug-likeness (QED) is 0.133. The molecule has 0 spiro atoms. The van der Waals surface area contributed by atoms with Crippen LogP contribution >= 0.6 is 11.8 Å². The molecule has 2 rings (SSSR count). The first-order valence-electron chi connectivity index (χ1n) is 12.7. The van der Waals surface area contributed by atoms with E-state index in [0.717, 1.165) is 0 Å². The average molecular weight is 566 g/mol. The summed E-state index contributed by atoms with van der Waals surface area (Å²) in [7, 11) is 0. The number of nitrogens with zero attached hydrogens (tertiary/aromatic N) is 2. The second-order valence-corrected chi connectivity index (χ2v) is 10.8. The van der Waals surface area contributed by atoms with Gasteiger partial charge < -0.3 is 29.4 Å². The summed E-state index contributed by atoms with van der Waals surface area (Å²) in [6.45, 7) is 13.5. The number of hydrogen-bond donors (Lipinski definition) is 3. The molecule has 1 aliphatic heterocycles. The summed E-state index contributed by atoms with van der Waals surface area (Å²) >= 11 is 1.29. The molecule has 216 valence electrons. The maximum absolute atomic E-state index is 13.2. The summed E-state index contributed by atoms with van der Waals surface area (Å²) in [5.74, 6) is 0.280. The Balaban J connectivity index is 1.96. The van der Waals surface area contributed by atoms with Crippen LogP contribution < -0.4 is 26.7 Å². The standard InChI is InChI=1S/C26H39N5O7S/c1-7-10-19(20-14-18(35-12-8-2)15-21(32)37-20)29-23(33)26(27)16-39-22(30-26)17(3)31-36-13-9-11-28-24(34)38-25(4,5)6/h8,14-15,19H,2,7,9-13,16,27H2,1,3-6H3,(H,28,34)(H,29,33)/b31-17+/t19-,26+/m1/s1. The molecule has 13 heteroatoms. The first-order valence-corrected chi connectivity index (χ1v) is 13.7. The summed E-state index contributed by atoms with van der Waals surface area (Å²) in [4.78, 5) is 46.6. The highest BCUT2D eigenvalue weighted by Gasteiger charge is 2.41. The molecule has 2 atom stereocenters. The third kappa shape index (κ3) is 10.8. The van der Waals surface area contributed by atoms with E-state index >= 15 is 0 Å². The van der Waals surface area contributed by atoms with Crippen molar-refractivity contribution in [1.29, 1.82) is 0 Å². The van der Waals surface area contributed by atoms with E-state index in [1.807, 2.05) is 6.92 Å². The van der Waals surface area contributed by atoms with Crippen LogP contribution in [0.25, 0.3) is 0 Å². The van der Waals surface area contributed by atoms with Crippen molar-refractivity contribution in [2.45, 2.75) is 71.2 Å². The van der Waals surface area contributed by atoms with Gasteiger partial charge in [-0.05, 0) is 34.1 Å². The number of ether oxygens (including phenoxy) is 2. The Morgan fingerprint density at radius 1 is 1.38 bits per heavy atom. The number of carbonyl (C=O) groups excluding carboxylic acids is 2. The van der Waals surface area contributed by atoms with E-state index < -0.39 is 34.9 Å². The van der Waals surface area contributed by atoms with Gasteiger partial charge in [-0.15, -0.1) is 11.8 Å². The van der Waals surface area contributed by atoms with E-state index in [0.29, 0.717) is 42.3 Å². The molecular weight excluding hydrogens is 526 g/mol. The highest BCUT2D eigenvalue weighted by Crippen LogP contribution is 2.27. The molecule has 1 aromatic heterocycles. The number of amides is 2. The minimum absolute atomic E-state index is 0.201. The van der Waals surface area contributed by atoms with Crippen molar-refractivity contribution in [3.63, 3.8) is 0 Å². The Morgan fingerprint density at radius 3 is 2.79 bits per heavy atom. The van der Waals surface area contributed by atoms with Gasteiger partial charge in [-0.3, -0.25) is 10.5 Å². The van der Waals surface area contributed by atoms with Gasteiger partial charge in [-0.25, -0.2) is 14.6 Å². The number of rotatable bonds is 14. The number of aliphatic imine (C=N–C) groups is 1. The molecule has 0 aromatic carbocycles. The van der Waals surface area contributed by atoms with Crippen LogP contribution in [0.4, 0.5) is 4.79 Å². The first kappa shape index (κ1) is 31.9. The van der Waals surface area contributed by atoms with Crippen LogP contribution in [0.1, 0.15) is 65.7 Å². The summed E-state index contributed by atoms with van der Waals surface area (Å²) in [6.07, 6.45) is 2.81. The van der Waals surface area contributed by atoms with Gasteiger partial charge in [0, 0.05) is 24.8 Å². The zero-order chi connectivity index (χ0) is 29.1. The fraction of sp³-hybridized carbons (Fsp3) is 0.577. The Labute approximate surface area is 232 Å². The fourth-order valence-electron chi connectivity index (χ4n) is 3.29.